The van der Waals surface area contributed by atoms with E-state index < -0.39 is 0 Å². The summed E-state index contributed by atoms with van der Waals surface area (Å²) in [6.45, 7) is 2.96. The van der Waals surface area contributed by atoms with Crippen LogP contribution in [0.15, 0.2) is 42.5 Å². The number of hydrogen-bond donors (Lipinski definition) is 2. The third-order valence-electron chi connectivity index (χ3n) is 4.77. The van der Waals surface area contributed by atoms with Crippen molar-refractivity contribution in [3.63, 3.8) is 0 Å². The zero-order valence-electron chi connectivity index (χ0n) is 15.0. The van der Waals surface area contributed by atoms with Gasteiger partial charge in [-0.15, -0.1) is 12.4 Å². The Bertz CT molecular complexity index is 766. The van der Waals surface area contributed by atoms with Crippen LogP contribution in [0, 0.1) is 5.92 Å². The molecule has 1 fully saturated rings. The van der Waals surface area contributed by atoms with Crippen LogP contribution in [0.2, 0.25) is 0 Å². The number of nitrogens with zero attached hydrogens (tertiary/aromatic N) is 1. The molecule has 2 amide bonds. The van der Waals surface area contributed by atoms with Crippen molar-refractivity contribution in [3.05, 3.63) is 48.0 Å². The topological polar surface area (TPSA) is 61.4 Å². The SMILES string of the molecule is CNCC1CCN(C(=O)CCNC(=O)c2ccc3ccccc3c2)C1.Cl. The van der Waals surface area contributed by atoms with Gasteiger partial charge in [-0.05, 0) is 48.8 Å². The van der Waals surface area contributed by atoms with Crippen LogP contribution in [-0.4, -0.2) is 49.9 Å². The number of likely N-dealkylation sites (tertiary alicyclic amines) is 1. The molecular formula is C20H26ClN3O2. The van der Waals surface area contributed by atoms with E-state index in [4.69, 9.17) is 0 Å². The molecule has 0 bridgehead atoms. The molecule has 0 saturated carbocycles. The number of hydrogen-bond acceptors (Lipinski definition) is 3. The molecule has 3 rings (SSSR count). The number of carbonyl (C=O) groups excluding carboxylic acids is 2. The molecule has 1 atom stereocenters. The number of carbonyl (C=O) groups is 2. The summed E-state index contributed by atoms with van der Waals surface area (Å²) in [5.74, 6) is 0.534. The van der Waals surface area contributed by atoms with Crippen molar-refractivity contribution in [2.45, 2.75) is 12.8 Å². The summed E-state index contributed by atoms with van der Waals surface area (Å²) in [6.07, 6.45) is 1.40. The minimum absolute atomic E-state index is 0. The third-order valence-corrected chi connectivity index (χ3v) is 4.77. The monoisotopic (exact) mass is 375 g/mol. The summed E-state index contributed by atoms with van der Waals surface area (Å²) in [5.41, 5.74) is 0.626. The van der Waals surface area contributed by atoms with E-state index >= 15 is 0 Å². The maximum Gasteiger partial charge on any atom is 0.251 e. The fourth-order valence-corrected chi connectivity index (χ4v) is 3.39. The summed E-state index contributed by atoms with van der Waals surface area (Å²) >= 11 is 0. The Labute approximate surface area is 160 Å². The van der Waals surface area contributed by atoms with E-state index in [2.05, 4.69) is 10.6 Å². The zero-order valence-corrected chi connectivity index (χ0v) is 15.8. The second-order valence-corrected chi connectivity index (χ2v) is 6.62. The van der Waals surface area contributed by atoms with E-state index in [1.807, 2.05) is 54.4 Å². The standard InChI is InChI=1S/C20H25N3O2.ClH/c1-21-13-15-9-11-23(14-15)19(24)8-10-22-20(25)18-7-6-16-4-2-3-5-17(16)12-18;/h2-7,12,15,21H,8-11,13-14H2,1H3,(H,22,25);1H. The molecule has 2 N–H and O–H groups in total. The minimum atomic E-state index is -0.131. The first-order valence-corrected chi connectivity index (χ1v) is 8.87. The zero-order chi connectivity index (χ0) is 17.6. The van der Waals surface area contributed by atoms with Crippen LogP contribution >= 0.6 is 12.4 Å². The predicted molar refractivity (Wildman–Crippen MR) is 107 cm³/mol. The van der Waals surface area contributed by atoms with Crippen LogP contribution in [-0.2, 0) is 4.79 Å². The van der Waals surface area contributed by atoms with Gasteiger partial charge in [-0.25, -0.2) is 0 Å². The second kappa shape index (κ2) is 9.55. The molecule has 6 heteroatoms. The van der Waals surface area contributed by atoms with Crippen molar-refractivity contribution >= 4 is 35.0 Å². The van der Waals surface area contributed by atoms with Gasteiger partial charge in [-0.2, -0.15) is 0 Å². The van der Waals surface area contributed by atoms with Crippen LogP contribution in [0.4, 0.5) is 0 Å². The van der Waals surface area contributed by atoms with Crippen molar-refractivity contribution in [3.8, 4) is 0 Å². The summed E-state index contributed by atoms with van der Waals surface area (Å²) in [7, 11) is 1.94. The highest BCUT2D eigenvalue weighted by atomic mass is 35.5. The molecule has 0 radical (unpaired) electrons. The first-order valence-electron chi connectivity index (χ1n) is 8.87. The number of rotatable bonds is 6. The Morgan fingerprint density at radius 3 is 2.69 bits per heavy atom. The van der Waals surface area contributed by atoms with Gasteiger partial charge < -0.3 is 15.5 Å². The van der Waals surface area contributed by atoms with Crippen LogP contribution < -0.4 is 10.6 Å². The lowest BCUT2D eigenvalue weighted by Crippen LogP contribution is -2.34. The third kappa shape index (κ3) is 4.96. The van der Waals surface area contributed by atoms with E-state index in [9.17, 15) is 9.59 Å². The van der Waals surface area contributed by atoms with Gasteiger partial charge in [-0.3, -0.25) is 9.59 Å². The first kappa shape index (κ1) is 20.2. The maximum atomic E-state index is 12.3. The van der Waals surface area contributed by atoms with Crippen LogP contribution in [0.5, 0.6) is 0 Å². The molecule has 1 aliphatic rings. The Morgan fingerprint density at radius 2 is 1.92 bits per heavy atom. The van der Waals surface area contributed by atoms with Gasteiger partial charge in [-0.1, -0.05) is 30.3 Å². The molecule has 0 aliphatic carbocycles. The summed E-state index contributed by atoms with van der Waals surface area (Å²) < 4.78 is 0. The second-order valence-electron chi connectivity index (χ2n) is 6.62. The quantitative estimate of drug-likeness (QED) is 0.815. The molecule has 1 unspecified atom stereocenters. The van der Waals surface area contributed by atoms with Crippen molar-refractivity contribution < 1.29 is 9.59 Å². The molecule has 1 saturated heterocycles. The smallest absolute Gasteiger partial charge is 0.251 e. The molecular weight excluding hydrogens is 350 g/mol. The van der Waals surface area contributed by atoms with E-state index in [1.54, 1.807) is 0 Å². The molecule has 26 heavy (non-hydrogen) atoms. The van der Waals surface area contributed by atoms with Crippen molar-refractivity contribution in [2.75, 3.05) is 33.2 Å². The van der Waals surface area contributed by atoms with E-state index in [0.29, 0.717) is 24.4 Å². The van der Waals surface area contributed by atoms with E-state index in [-0.39, 0.29) is 24.2 Å². The minimum Gasteiger partial charge on any atom is -0.352 e. The fourth-order valence-electron chi connectivity index (χ4n) is 3.39. The molecule has 0 aromatic heterocycles. The Hall–Kier alpha value is -2.11. The Balaban J connectivity index is 0.00000243. The Kier molecular flexibility index (Phi) is 7.42. The molecule has 5 nitrogen and oxygen atoms in total. The highest BCUT2D eigenvalue weighted by Crippen LogP contribution is 2.17. The molecule has 2 aromatic carbocycles. The summed E-state index contributed by atoms with van der Waals surface area (Å²) in [6, 6.07) is 13.6. The van der Waals surface area contributed by atoms with Gasteiger partial charge >= 0.3 is 0 Å². The van der Waals surface area contributed by atoms with Crippen molar-refractivity contribution in [1.82, 2.24) is 15.5 Å². The van der Waals surface area contributed by atoms with Gasteiger partial charge in [0, 0.05) is 31.6 Å². The molecule has 2 aromatic rings. The highest BCUT2D eigenvalue weighted by Gasteiger charge is 2.25. The van der Waals surface area contributed by atoms with E-state index in [1.165, 1.54) is 0 Å². The van der Waals surface area contributed by atoms with Crippen molar-refractivity contribution in [2.24, 2.45) is 5.92 Å². The van der Waals surface area contributed by atoms with Gasteiger partial charge in [0.2, 0.25) is 5.91 Å². The lowest BCUT2D eigenvalue weighted by Gasteiger charge is -2.16. The normalized spacial score (nSPS) is 16.3. The lowest BCUT2D eigenvalue weighted by molar-refractivity contribution is -0.130. The van der Waals surface area contributed by atoms with Gasteiger partial charge in [0.05, 0.1) is 0 Å². The average Bonchev–Trinajstić information content (AvgIpc) is 3.10. The molecule has 0 spiro atoms. The fraction of sp³-hybridized carbons (Fsp3) is 0.400. The highest BCUT2D eigenvalue weighted by molar-refractivity contribution is 5.98. The number of amides is 2. The van der Waals surface area contributed by atoms with Crippen LogP contribution in [0.25, 0.3) is 10.8 Å². The van der Waals surface area contributed by atoms with Crippen LogP contribution in [0.3, 0.4) is 0 Å². The number of nitrogens with one attached hydrogen (secondary N) is 2. The molecule has 140 valence electrons. The number of fused-ring (bicyclic) bond motifs is 1. The van der Waals surface area contributed by atoms with Gasteiger partial charge in [0.1, 0.15) is 0 Å². The number of halogens is 1. The molecule has 1 aliphatic heterocycles. The van der Waals surface area contributed by atoms with Gasteiger partial charge in [0.15, 0.2) is 0 Å². The lowest BCUT2D eigenvalue weighted by atomic mass is 10.1. The van der Waals surface area contributed by atoms with Crippen LogP contribution in [0.1, 0.15) is 23.2 Å². The van der Waals surface area contributed by atoms with Crippen molar-refractivity contribution in [1.29, 1.82) is 0 Å². The summed E-state index contributed by atoms with van der Waals surface area (Å²) in [4.78, 5) is 26.4. The summed E-state index contributed by atoms with van der Waals surface area (Å²) in [5, 5.41) is 8.17. The first-order chi connectivity index (χ1) is 12.2. The Morgan fingerprint density at radius 1 is 1.15 bits per heavy atom. The molecule has 1 heterocycles. The largest absolute Gasteiger partial charge is 0.352 e. The predicted octanol–water partition coefficient (Wildman–Crippen LogP) is 2.45. The maximum absolute atomic E-state index is 12.3. The van der Waals surface area contributed by atoms with E-state index in [0.717, 1.165) is 36.8 Å². The average molecular weight is 376 g/mol. The van der Waals surface area contributed by atoms with Gasteiger partial charge in [0.25, 0.3) is 5.91 Å². The number of benzene rings is 2.